The molecule has 2 rings (SSSR count). The van der Waals surface area contributed by atoms with E-state index in [0.717, 1.165) is 44.8 Å². The van der Waals surface area contributed by atoms with Crippen LogP contribution >= 0.6 is 0 Å². The molecule has 2 aliphatic rings. The monoisotopic (exact) mass is 298 g/mol. The van der Waals surface area contributed by atoms with Crippen LogP contribution in [-0.2, 0) is 18.8 Å². The number of esters is 2. The van der Waals surface area contributed by atoms with Crippen molar-refractivity contribution in [3.05, 3.63) is 0 Å². The van der Waals surface area contributed by atoms with Gasteiger partial charge in [0.25, 0.3) is 0 Å². The second-order valence-corrected chi connectivity index (χ2v) is 11.0. The second kappa shape index (κ2) is 5.98. The molecule has 4 nitrogen and oxygen atoms in total. The number of hydrogen-bond donors (Lipinski definition) is 0. The molecule has 0 aromatic heterocycles. The average Bonchev–Trinajstić information content (AvgIpc) is 2.39. The van der Waals surface area contributed by atoms with Gasteiger partial charge in [0.2, 0.25) is 0 Å². The Balaban J connectivity index is 1.91. The third-order valence-electron chi connectivity index (χ3n) is 4.85. The van der Waals surface area contributed by atoms with Crippen LogP contribution in [0.15, 0.2) is 0 Å². The van der Waals surface area contributed by atoms with E-state index >= 15 is 0 Å². The topological polar surface area (TPSA) is 52.6 Å². The highest BCUT2D eigenvalue weighted by atomic mass is 28.4. The Labute approximate surface area is 122 Å². The fourth-order valence-electron chi connectivity index (χ4n) is 3.71. The smallest absolute Gasteiger partial charge is 0.331 e. The fraction of sp³-hybridized carbons (Fsp3) is 0.867. The highest BCUT2D eigenvalue weighted by molar-refractivity contribution is 6.71. The number of rotatable bonds is 6. The first-order chi connectivity index (χ1) is 9.42. The fourth-order valence-corrected chi connectivity index (χ4v) is 5.70. The molecule has 0 aromatic rings. The Hall–Kier alpha value is -0.683. The first-order valence-corrected chi connectivity index (χ1v) is 10.9. The van der Waals surface area contributed by atoms with Crippen LogP contribution in [0.1, 0.15) is 45.4 Å². The minimum atomic E-state index is -1.56. The molecule has 1 aliphatic heterocycles. The van der Waals surface area contributed by atoms with Crippen LogP contribution < -0.4 is 0 Å². The molecule has 1 spiro atoms. The summed E-state index contributed by atoms with van der Waals surface area (Å²) >= 11 is 0. The molecular formula is C15H26O4Si. The van der Waals surface area contributed by atoms with Crippen LogP contribution in [0.25, 0.3) is 0 Å². The highest BCUT2D eigenvalue weighted by Gasteiger charge is 2.63. The molecular weight excluding hydrogens is 272 g/mol. The molecule has 1 saturated carbocycles. The van der Waals surface area contributed by atoms with E-state index in [4.69, 9.17) is 4.43 Å². The molecule has 0 aromatic carbocycles. The Morgan fingerprint density at radius 3 is 2.60 bits per heavy atom. The van der Waals surface area contributed by atoms with Crippen LogP contribution in [0.4, 0.5) is 0 Å². The minimum Gasteiger partial charge on any atom is -0.418 e. The Kier molecular flexibility index (Phi) is 4.69. The van der Waals surface area contributed by atoms with Crippen molar-refractivity contribution in [1.29, 1.82) is 0 Å². The van der Waals surface area contributed by atoms with Crippen molar-refractivity contribution in [2.24, 2.45) is 11.3 Å². The SMILES string of the molecule is CCO[Si](C)(C)CCCC1CCCCC12C(=O)OC2=O. The van der Waals surface area contributed by atoms with Gasteiger partial charge in [-0.2, -0.15) is 0 Å². The minimum absolute atomic E-state index is 0.191. The van der Waals surface area contributed by atoms with E-state index < -0.39 is 13.7 Å². The Morgan fingerprint density at radius 1 is 1.30 bits per heavy atom. The van der Waals surface area contributed by atoms with Gasteiger partial charge in [-0.3, -0.25) is 9.59 Å². The van der Waals surface area contributed by atoms with Crippen molar-refractivity contribution in [3.63, 3.8) is 0 Å². The average molecular weight is 298 g/mol. The lowest BCUT2D eigenvalue weighted by Crippen LogP contribution is -2.58. The molecule has 1 aliphatic carbocycles. The summed E-state index contributed by atoms with van der Waals surface area (Å²) < 4.78 is 10.5. The molecule has 20 heavy (non-hydrogen) atoms. The largest absolute Gasteiger partial charge is 0.418 e. The summed E-state index contributed by atoms with van der Waals surface area (Å²) in [7, 11) is -1.56. The second-order valence-electron chi connectivity index (χ2n) is 6.68. The zero-order chi connectivity index (χ0) is 14.8. The molecule has 114 valence electrons. The first-order valence-electron chi connectivity index (χ1n) is 7.83. The quantitative estimate of drug-likeness (QED) is 0.429. The highest BCUT2D eigenvalue weighted by Crippen LogP contribution is 2.50. The van der Waals surface area contributed by atoms with Crippen molar-refractivity contribution in [2.45, 2.75) is 64.6 Å². The van der Waals surface area contributed by atoms with Gasteiger partial charge in [0.1, 0.15) is 0 Å². The van der Waals surface area contributed by atoms with Gasteiger partial charge in [0.05, 0.1) is 0 Å². The van der Waals surface area contributed by atoms with Gasteiger partial charge in [-0.1, -0.05) is 19.3 Å². The van der Waals surface area contributed by atoms with Gasteiger partial charge in [0, 0.05) is 6.61 Å². The van der Waals surface area contributed by atoms with E-state index in [1.54, 1.807) is 0 Å². The summed E-state index contributed by atoms with van der Waals surface area (Å²) in [6, 6.07) is 1.09. The van der Waals surface area contributed by atoms with Crippen molar-refractivity contribution < 1.29 is 18.8 Å². The van der Waals surface area contributed by atoms with Gasteiger partial charge in [-0.25, -0.2) is 0 Å². The third kappa shape index (κ3) is 2.84. The maximum absolute atomic E-state index is 11.8. The van der Waals surface area contributed by atoms with E-state index in [2.05, 4.69) is 17.8 Å². The van der Waals surface area contributed by atoms with Gasteiger partial charge >= 0.3 is 11.9 Å². The predicted molar refractivity (Wildman–Crippen MR) is 78.6 cm³/mol. The number of carbonyl (C=O) groups excluding carboxylic acids is 2. The number of ether oxygens (including phenoxy) is 1. The summed E-state index contributed by atoms with van der Waals surface area (Å²) in [5, 5.41) is 0. The van der Waals surface area contributed by atoms with Crippen LogP contribution in [0.3, 0.4) is 0 Å². The van der Waals surface area contributed by atoms with E-state index in [9.17, 15) is 9.59 Å². The predicted octanol–water partition coefficient (Wildman–Crippen LogP) is 3.27. The number of cyclic esters (lactones) is 2. The zero-order valence-electron chi connectivity index (χ0n) is 12.9. The summed E-state index contributed by atoms with van der Waals surface area (Å²) in [5.41, 5.74) is -0.768. The summed E-state index contributed by atoms with van der Waals surface area (Å²) in [6.45, 7) is 7.27. The number of carbonyl (C=O) groups is 2. The molecule has 1 unspecified atom stereocenters. The zero-order valence-corrected chi connectivity index (χ0v) is 13.9. The van der Waals surface area contributed by atoms with Crippen molar-refractivity contribution in [2.75, 3.05) is 6.61 Å². The molecule has 5 heteroatoms. The lowest BCUT2D eigenvalue weighted by Gasteiger charge is -2.45. The molecule has 1 saturated heterocycles. The van der Waals surface area contributed by atoms with Gasteiger partial charge in [0.15, 0.2) is 13.7 Å². The Bertz CT molecular complexity index is 377. The van der Waals surface area contributed by atoms with Crippen LogP contribution in [0.5, 0.6) is 0 Å². The number of hydrogen-bond acceptors (Lipinski definition) is 4. The van der Waals surface area contributed by atoms with Gasteiger partial charge < -0.3 is 9.16 Å². The van der Waals surface area contributed by atoms with Crippen LogP contribution in [0.2, 0.25) is 19.1 Å². The van der Waals surface area contributed by atoms with Crippen LogP contribution in [0, 0.1) is 11.3 Å². The van der Waals surface area contributed by atoms with Gasteiger partial charge in [-0.05, 0) is 51.2 Å². The molecule has 0 amide bonds. The molecule has 2 fully saturated rings. The van der Waals surface area contributed by atoms with Crippen molar-refractivity contribution in [1.82, 2.24) is 0 Å². The Morgan fingerprint density at radius 2 is 2.00 bits per heavy atom. The lowest BCUT2D eigenvalue weighted by atomic mass is 9.62. The standard InChI is InChI=1S/C15H26O4Si/c1-4-18-20(2,3)11-7-9-12-8-5-6-10-15(12)13(16)19-14(15)17/h12H,4-11H2,1-3H3. The maximum atomic E-state index is 11.8. The molecule has 0 bridgehead atoms. The van der Waals surface area contributed by atoms with E-state index in [1.807, 2.05) is 6.92 Å². The first kappa shape index (κ1) is 15.7. The maximum Gasteiger partial charge on any atom is 0.331 e. The van der Waals surface area contributed by atoms with Crippen LogP contribution in [-0.4, -0.2) is 26.9 Å². The third-order valence-corrected chi connectivity index (χ3v) is 7.48. The molecule has 1 atom stereocenters. The van der Waals surface area contributed by atoms with E-state index in [1.165, 1.54) is 0 Å². The van der Waals surface area contributed by atoms with Gasteiger partial charge in [-0.15, -0.1) is 0 Å². The summed E-state index contributed by atoms with van der Waals surface area (Å²) in [4.78, 5) is 23.7. The summed E-state index contributed by atoms with van der Waals surface area (Å²) in [6.07, 6.45) is 5.77. The van der Waals surface area contributed by atoms with Crippen molar-refractivity contribution in [3.8, 4) is 0 Å². The van der Waals surface area contributed by atoms with E-state index in [0.29, 0.717) is 6.42 Å². The van der Waals surface area contributed by atoms with Crippen molar-refractivity contribution >= 4 is 20.3 Å². The lowest BCUT2D eigenvalue weighted by molar-refractivity contribution is -0.206. The van der Waals surface area contributed by atoms with E-state index in [-0.39, 0.29) is 17.9 Å². The normalized spacial score (nSPS) is 25.4. The molecule has 0 N–H and O–H groups in total. The molecule has 1 heterocycles. The summed E-state index contributed by atoms with van der Waals surface area (Å²) in [5.74, 6) is -0.349. The molecule has 0 radical (unpaired) electrons.